The third kappa shape index (κ3) is 9.84. The van der Waals surface area contributed by atoms with E-state index in [1.807, 2.05) is 31.2 Å². The normalized spacial score (nSPS) is 13.1. The smallest absolute Gasteiger partial charge is 0.246 e. The summed E-state index contributed by atoms with van der Waals surface area (Å²) in [5.41, 5.74) is 8.02. The van der Waals surface area contributed by atoms with Crippen LogP contribution in [0.4, 0.5) is 11.4 Å². The summed E-state index contributed by atoms with van der Waals surface area (Å²) in [5, 5.41) is 10.5. The molecule has 0 unspecified atom stereocenters. The molecule has 0 radical (unpaired) electrons. The lowest BCUT2D eigenvalue weighted by Gasteiger charge is -2.24. The first kappa shape index (κ1) is 27.7. The zero-order chi connectivity index (χ0) is 25.3. The number of hydrogen-bond donors (Lipinski definition) is 2. The van der Waals surface area contributed by atoms with E-state index >= 15 is 0 Å². The summed E-state index contributed by atoms with van der Waals surface area (Å²) in [6.45, 7) is 2.82. The highest BCUT2D eigenvalue weighted by atomic mass is 16.2. The number of guanidine groups is 1. The molecule has 9 nitrogen and oxygen atoms in total. The molecule has 3 N–H and O–H groups in total. The number of aromatic nitrogens is 1. The van der Waals surface area contributed by atoms with E-state index in [1.54, 1.807) is 47.6 Å². The number of anilines is 1. The number of carbonyl (C=O) groups is 2. The molecule has 0 atom stereocenters. The van der Waals surface area contributed by atoms with Gasteiger partial charge < -0.3 is 15.5 Å². The van der Waals surface area contributed by atoms with Crippen LogP contribution in [0.3, 0.4) is 0 Å². The Balaban J connectivity index is 0.000000337. The first-order valence-electron chi connectivity index (χ1n) is 10.7. The fourth-order valence-corrected chi connectivity index (χ4v) is 3.11. The molecular weight excluding hydrogens is 430 g/mol. The quantitative estimate of drug-likeness (QED) is 0.237. The zero-order valence-corrected chi connectivity index (χ0v) is 19.6. The highest BCUT2D eigenvalue weighted by Gasteiger charge is 2.21. The van der Waals surface area contributed by atoms with Crippen LogP contribution < -0.4 is 16.0 Å². The zero-order valence-electron chi connectivity index (χ0n) is 19.6. The van der Waals surface area contributed by atoms with Gasteiger partial charge >= 0.3 is 0 Å². The maximum absolute atomic E-state index is 12.2. The number of likely N-dealkylation sites (N-methyl/N-ethyl adjacent to an activating group) is 1. The van der Waals surface area contributed by atoms with Crippen LogP contribution in [0.15, 0.2) is 53.8 Å². The van der Waals surface area contributed by atoms with Gasteiger partial charge in [0, 0.05) is 38.1 Å². The first-order chi connectivity index (χ1) is 16.4. The van der Waals surface area contributed by atoms with Crippen LogP contribution in [0, 0.1) is 31.2 Å². The minimum Gasteiger partial charge on any atom is -0.369 e. The van der Waals surface area contributed by atoms with Crippen LogP contribution in [0.25, 0.3) is 0 Å². The number of rotatable bonds is 4. The summed E-state index contributed by atoms with van der Waals surface area (Å²) in [5.74, 6) is 0.128. The lowest BCUT2D eigenvalue weighted by atomic mass is 10.2. The van der Waals surface area contributed by atoms with Gasteiger partial charge in [0.1, 0.15) is 6.54 Å². The predicted octanol–water partition coefficient (Wildman–Crippen LogP) is 2.71. The molecule has 9 heteroatoms. The average Bonchev–Trinajstić information content (AvgIpc) is 3.05. The fourth-order valence-electron chi connectivity index (χ4n) is 3.11. The van der Waals surface area contributed by atoms with Crippen LogP contribution in [0.5, 0.6) is 0 Å². The van der Waals surface area contributed by atoms with Crippen molar-refractivity contribution in [2.24, 2.45) is 10.7 Å². The van der Waals surface area contributed by atoms with Crippen molar-refractivity contribution in [3.63, 3.8) is 0 Å². The third-order valence-electron chi connectivity index (χ3n) is 4.86. The van der Waals surface area contributed by atoms with Crippen molar-refractivity contribution in [1.82, 2.24) is 15.2 Å². The van der Waals surface area contributed by atoms with Crippen molar-refractivity contribution >= 4 is 29.1 Å². The van der Waals surface area contributed by atoms with Gasteiger partial charge in [-0.2, -0.15) is 5.26 Å². The Hall–Kier alpha value is -4.37. The molecule has 0 saturated carbocycles. The van der Waals surface area contributed by atoms with E-state index in [9.17, 15) is 9.59 Å². The summed E-state index contributed by atoms with van der Waals surface area (Å²) < 4.78 is 0. The van der Waals surface area contributed by atoms with Crippen LogP contribution in [0.1, 0.15) is 31.2 Å². The fraction of sp³-hybridized carbons (Fsp3) is 0.320. The number of terminal acetylenes is 1. The molecule has 2 heterocycles. The Bertz CT molecular complexity index is 1010. The maximum Gasteiger partial charge on any atom is 0.246 e. The lowest BCUT2D eigenvalue weighted by Crippen LogP contribution is -2.41. The molecule has 2 amide bonds. The van der Waals surface area contributed by atoms with E-state index in [-0.39, 0.29) is 24.3 Å². The number of aryl methyl sites for hydroxylation is 1. The van der Waals surface area contributed by atoms with Crippen LogP contribution in [-0.2, 0) is 9.59 Å². The second-order valence-corrected chi connectivity index (χ2v) is 7.36. The highest BCUT2D eigenvalue weighted by molar-refractivity contribution is 5.96. The number of nitrogens with one attached hydrogen (secondary N) is 1. The molecule has 1 aliphatic rings. The van der Waals surface area contributed by atoms with Gasteiger partial charge in [0.05, 0.1) is 5.69 Å². The Morgan fingerprint density at radius 1 is 1.26 bits per heavy atom. The second kappa shape index (κ2) is 15.4. The van der Waals surface area contributed by atoms with E-state index in [0.29, 0.717) is 13.0 Å². The van der Waals surface area contributed by atoms with Crippen LogP contribution in [-0.4, -0.2) is 47.8 Å². The molecule has 1 saturated heterocycles. The Morgan fingerprint density at radius 3 is 2.62 bits per heavy atom. The predicted molar refractivity (Wildman–Crippen MR) is 134 cm³/mol. The van der Waals surface area contributed by atoms with Crippen molar-refractivity contribution < 1.29 is 9.59 Å². The number of likely N-dealkylation sites (tertiary alicyclic amines) is 1. The van der Waals surface area contributed by atoms with E-state index in [2.05, 4.69) is 28.1 Å². The molecule has 2 aromatic rings. The van der Waals surface area contributed by atoms with Crippen molar-refractivity contribution in [3.05, 3.63) is 54.4 Å². The molecule has 1 aromatic heterocycles. The summed E-state index contributed by atoms with van der Waals surface area (Å²) in [6, 6.07) is 11.1. The third-order valence-corrected chi connectivity index (χ3v) is 4.86. The molecule has 34 heavy (non-hydrogen) atoms. The molecule has 1 aromatic carbocycles. The number of hydrogen-bond acceptors (Lipinski definition) is 5. The number of aliphatic imine (C=N–C) groups is 1. The van der Waals surface area contributed by atoms with Gasteiger partial charge in [-0.3, -0.25) is 19.9 Å². The Kier molecular flexibility index (Phi) is 12.6. The molecule has 178 valence electrons. The minimum absolute atomic E-state index is 0.0681. The highest BCUT2D eigenvalue weighted by Crippen LogP contribution is 2.14. The Morgan fingerprint density at radius 2 is 1.97 bits per heavy atom. The number of nitrogens with two attached hydrogens (primary N) is 1. The molecule has 1 fully saturated rings. The first-order valence-corrected chi connectivity index (χ1v) is 10.7. The van der Waals surface area contributed by atoms with Crippen molar-refractivity contribution in [1.29, 1.82) is 5.26 Å². The topological polar surface area (TPSA) is 128 Å². The summed E-state index contributed by atoms with van der Waals surface area (Å²) in [4.78, 5) is 35.2. The van der Waals surface area contributed by atoms with Gasteiger partial charge in [0.25, 0.3) is 0 Å². The SMILES string of the molecule is C#C.CN(C(=O)CN1CCCCCC1=O)c1ccncc1.Cc1cccc(N=C(N)NC#N)c1. The number of amides is 2. The Labute approximate surface area is 201 Å². The minimum atomic E-state index is -0.0681. The van der Waals surface area contributed by atoms with E-state index in [1.165, 1.54) is 0 Å². The van der Waals surface area contributed by atoms with Gasteiger partial charge in [-0.15, -0.1) is 12.8 Å². The molecule has 1 aliphatic heterocycles. The molecular formula is C25H31N7O2. The van der Waals surface area contributed by atoms with Gasteiger partial charge in [-0.05, 0) is 49.6 Å². The monoisotopic (exact) mass is 461 g/mol. The van der Waals surface area contributed by atoms with Crippen molar-refractivity contribution in [3.8, 4) is 19.0 Å². The lowest BCUT2D eigenvalue weighted by molar-refractivity contribution is -0.134. The number of benzene rings is 1. The second-order valence-electron chi connectivity index (χ2n) is 7.36. The van der Waals surface area contributed by atoms with E-state index in [0.717, 1.165) is 36.2 Å². The maximum atomic E-state index is 12.2. The van der Waals surface area contributed by atoms with Crippen LogP contribution in [0.2, 0.25) is 0 Å². The van der Waals surface area contributed by atoms with Gasteiger partial charge in [-0.25, -0.2) is 4.99 Å². The number of pyridine rings is 1. The molecule has 0 spiro atoms. The average molecular weight is 462 g/mol. The number of nitriles is 1. The van der Waals surface area contributed by atoms with E-state index < -0.39 is 0 Å². The summed E-state index contributed by atoms with van der Waals surface area (Å²) in [7, 11) is 1.72. The van der Waals surface area contributed by atoms with Gasteiger partial charge in [-0.1, -0.05) is 18.6 Å². The van der Waals surface area contributed by atoms with E-state index in [4.69, 9.17) is 11.0 Å². The molecule has 0 aliphatic carbocycles. The number of nitrogens with zero attached hydrogens (tertiary/aromatic N) is 5. The van der Waals surface area contributed by atoms with Gasteiger partial charge in [0.2, 0.25) is 17.8 Å². The van der Waals surface area contributed by atoms with Crippen LogP contribution >= 0.6 is 0 Å². The molecule has 3 rings (SSSR count). The summed E-state index contributed by atoms with van der Waals surface area (Å²) in [6.07, 6.45) is 16.5. The standard InChI is InChI=1S/C14H19N3O2.C9H10N4.C2H2/c1-16(12-6-8-15-9-7-12)14(19)11-17-10-4-2-3-5-13(17)18;1-7-3-2-4-8(5-7)13-9(11)12-6-10;1-2/h6-9H,2-5,10-11H2,1H3;2-5H,1H3,(H3,11,12,13);1-2H. The summed E-state index contributed by atoms with van der Waals surface area (Å²) >= 11 is 0. The largest absolute Gasteiger partial charge is 0.369 e. The molecule has 0 bridgehead atoms. The van der Waals surface area contributed by atoms with Crippen molar-refractivity contribution in [2.45, 2.75) is 32.6 Å². The van der Waals surface area contributed by atoms with Crippen molar-refractivity contribution in [2.75, 3.05) is 25.0 Å². The van der Waals surface area contributed by atoms with Gasteiger partial charge in [0.15, 0.2) is 6.19 Å². The number of carbonyl (C=O) groups excluding carboxylic acids is 2.